The molecule has 0 aliphatic carbocycles. The summed E-state index contributed by atoms with van der Waals surface area (Å²) in [5, 5.41) is 0. The first-order chi connectivity index (χ1) is 6.24. The number of hydrogen-bond acceptors (Lipinski definition) is 1. The minimum atomic E-state index is 0.117. The number of nitrogens with two attached hydrogens (primary N) is 1. The highest BCUT2D eigenvalue weighted by molar-refractivity contribution is 9.10. The zero-order valence-corrected chi connectivity index (χ0v) is 9.68. The smallest absolute Gasteiger partial charge is 0.0295 e. The van der Waals surface area contributed by atoms with Crippen molar-refractivity contribution in [1.29, 1.82) is 0 Å². The zero-order valence-electron chi connectivity index (χ0n) is 7.34. The minimum Gasteiger partial charge on any atom is -0.324 e. The highest BCUT2D eigenvalue weighted by atomic mass is 79.9. The average molecular weight is 263 g/mol. The SMILES string of the molecule is NC(CCCCl)c1ccc(Br)cc1. The summed E-state index contributed by atoms with van der Waals surface area (Å²) in [5.41, 5.74) is 7.13. The Labute approximate surface area is 92.4 Å². The van der Waals surface area contributed by atoms with E-state index in [0.717, 1.165) is 17.3 Å². The van der Waals surface area contributed by atoms with E-state index in [2.05, 4.69) is 15.9 Å². The lowest BCUT2D eigenvalue weighted by Crippen LogP contribution is -2.09. The zero-order chi connectivity index (χ0) is 9.68. The second-order valence-electron chi connectivity index (χ2n) is 2.99. The second kappa shape index (κ2) is 5.63. The molecule has 1 atom stereocenters. The molecule has 0 fully saturated rings. The number of rotatable bonds is 4. The first-order valence-corrected chi connectivity index (χ1v) is 5.64. The Morgan fingerprint density at radius 2 is 1.92 bits per heavy atom. The monoisotopic (exact) mass is 261 g/mol. The van der Waals surface area contributed by atoms with Gasteiger partial charge in [0.1, 0.15) is 0 Å². The summed E-state index contributed by atoms with van der Waals surface area (Å²) < 4.78 is 1.08. The molecule has 1 unspecified atom stereocenters. The molecular formula is C10H13BrClN. The van der Waals surface area contributed by atoms with E-state index in [0.29, 0.717) is 5.88 Å². The molecule has 0 saturated carbocycles. The van der Waals surface area contributed by atoms with Gasteiger partial charge in [-0.1, -0.05) is 28.1 Å². The molecule has 1 rings (SSSR count). The van der Waals surface area contributed by atoms with Gasteiger partial charge in [-0.15, -0.1) is 11.6 Å². The number of hydrogen-bond donors (Lipinski definition) is 1. The van der Waals surface area contributed by atoms with Crippen molar-refractivity contribution >= 4 is 27.5 Å². The van der Waals surface area contributed by atoms with Gasteiger partial charge in [0.2, 0.25) is 0 Å². The maximum absolute atomic E-state index is 5.96. The third kappa shape index (κ3) is 3.67. The molecule has 0 heterocycles. The lowest BCUT2D eigenvalue weighted by Gasteiger charge is -2.10. The fourth-order valence-electron chi connectivity index (χ4n) is 1.17. The van der Waals surface area contributed by atoms with Crippen LogP contribution >= 0.6 is 27.5 Å². The van der Waals surface area contributed by atoms with E-state index in [1.165, 1.54) is 5.56 Å². The van der Waals surface area contributed by atoms with Crippen LogP contribution in [0, 0.1) is 0 Å². The van der Waals surface area contributed by atoms with Crippen molar-refractivity contribution < 1.29 is 0 Å². The van der Waals surface area contributed by atoms with Gasteiger partial charge in [-0.2, -0.15) is 0 Å². The van der Waals surface area contributed by atoms with Gasteiger partial charge in [-0.25, -0.2) is 0 Å². The summed E-state index contributed by atoms with van der Waals surface area (Å²) in [6, 6.07) is 8.23. The molecule has 0 aliphatic rings. The fraction of sp³-hybridized carbons (Fsp3) is 0.400. The normalized spacial score (nSPS) is 12.8. The molecule has 1 nitrogen and oxygen atoms in total. The number of alkyl halides is 1. The molecule has 0 amide bonds. The van der Waals surface area contributed by atoms with Crippen LogP contribution in [0.2, 0.25) is 0 Å². The van der Waals surface area contributed by atoms with Crippen LogP contribution in [0.25, 0.3) is 0 Å². The summed E-state index contributed by atoms with van der Waals surface area (Å²) in [6.45, 7) is 0. The maximum Gasteiger partial charge on any atom is 0.0295 e. The second-order valence-corrected chi connectivity index (χ2v) is 4.28. The molecule has 1 aromatic carbocycles. The predicted octanol–water partition coefficient (Wildman–Crippen LogP) is 3.47. The average Bonchev–Trinajstić information content (AvgIpc) is 2.15. The van der Waals surface area contributed by atoms with Crippen LogP contribution in [0.1, 0.15) is 24.4 Å². The molecular weight excluding hydrogens is 249 g/mol. The quantitative estimate of drug-likeness (QED) is 0.826. The lowest BCUT2D eigenvalue weighted by molar-refractivity contribution is 0.641. The molecule has 0 radical (unpaired) electrons. The van der Waals surface area contributed by atoms with Crippen LogP contribution in [-0.2, 0) is 0 Å². The van der Waals surface area contributed by atoms with E-state index in [-0.39, 0.29) is 6.04 Å². The van der Waals surface area contributed by atoms with E-state index < -0.39 is 0 Å². The van der Waals surface area contributed by atoms with Gasteiger partial charge >= 0.3 is 0 Å². The van der Waals surface area contributed by atoms with Crippen molar-refractivity contribution in [1.82, 2.24) is 0 Å². The Kier molecular flexibility index (Phi) is 4.78. The van der Waals surface area contributed by atoms with E-state index in [9.17, 15) is 0 Å². The van der Waals surface area contributed by atoms with Crippen LogP contribution in [0.4, 0.5) is 0 Å². The third-order valence-electron chi connectivity index (χ3n) is 1.95. The molecule has 0 aromatic heterocycles. The van der Waals surface area contributed by atoms with Crippen LogP contribution < -0.4 is 5.73 Å². The largest absolute Gasteiger partial charge is 0.324 e. The van der Waals surface area contributed by atoms with Gasteiger partial charge in [0.15, 0.2) is 0 Å². The molecule has 0 aliphatic heterocycles. The topological polar surface area (TPSA) is 26.0 Å². The Bertz CT molecular complexity index is 248. The third-order valence-corrected chi connectivity index (χ3v) is 2.74. The highest BCUT2D eigenvalue weighted by Gasteiger charge is 2.04. The molecule has 0 spiro atoms. The fourth-order valence-corrected chi connectivity index (χ4v) is 1.59. The van der Waals surface area contributed by atoms with Crippen molar-refractivity contribution in [3.8, 4) is 0 Å². The van der Waals surface area contributed by atoms with Crippen molar-refractivity contribution in [3.63, 3.8) is 0 Å². The number of halogens is 2. The molecule has 72 valence electrons. The maximum atomic E-state index is 5.96. The Balaban J connectivity index is 2.55. The van der Waals surface area contributed by atoms with Crippen LogP contribution in [0.3, 0.4) is 0 Å². The van der Waals surface area contributed by atoms with Crippen molar-refractivity contribution in [2.24, 2.45) is 5.73 Å². The standard InChI is InChI=1S/C10H13BrClN/c11-9-5-3-8(4-6-9)10(13)2-1-7-12/h3-6,10H,1-2,7,13H2. The summed E-state index contributed by atoms with van der Waals surface area (Å²) in [4.78, 5) is 0. The first-order valence-electron chi connectivity index (χ1n) is 4.31. The van der Waals surface area contributed by atoms with Crippen molar-refractivity contribution in [2.75, 3.05) is 5.88 Å². The van der Waals surface area contributed by atoms with Crippen LogP contribution in [0.15, 0.2) is 28.7 Å². The summed E-state index contributed by atoms with van der Waals surface area (Å²) >= 11 is 8.98. The van der Waals surface area contributed by atoms with Gasteiger partial charge in [0.05, 0.1) is 0 Å². The molecule has 0 bridgehead atoms. The van der Waals surface area contributed by atoms with Crippen LogP contribution in [-0.4, -0.2) is 5.88 Å². The summed E-state index contributed by atoms with van der Waals surface area (Å²) in [7, 11) is 0. The van der Waals surface area contributed by atoms with E-state index >= 15 is 0 Å². The van der Waals surface area contributed by atoms with Gasteiger partial charge in [-0.05, 0) is 30.5 Å². The van der Waals surface area contributed by atoms with E-state index in [1.807, 2.05) is 24.3 Å². The summed E-state index contributed by atoms with van der Waals surface area (Å²) in [5.74, 6) is 0.685. The van der Waals surface area contributed by atoms with E-state index in [4.69, 9.17) is 17.3 Å². The van der Waals surface area contributed by atoms with Crippen molar-refractivity contribution in [3.05, 3.63) is 34.3 Å². The lowest BCUT2D eigenvalue weighted by atomic mass is 10.0. The molecule has 0 saturated heterocycles. The van der Waals surface area contributed by atoms with E-state index in [1.54, 1.807) is 0 Å². The Morgan fingerprint density at radius 3 is 2.46 bits per heavy atom. The molecule has 2 N–H and O–H groups in total. The van der Waals surface area contributed by atoms with Gasteiger partial charge in [0.25, 0.3) is 0 Å². The first kappa shape index (κ1) is 11.0. The minimum absolute atomic E-state index is 0.117. The Morgan fingerprint density at radius 1 is 1.31 bits per heavy atom. The molecule has 13 heavy (non-hydrogen) atoms. The molecule has 3 heteroatoms. The van der Waals surface area contributed by atoms with Gasteiger partial charge < -0.3 is 5.73 Å². The highest BCUT2D eigenvalue weighted by Crippen LogP contribution is 2.18. The van der Waals surface area contributed by atoms with Gasteiger partial charge in [-0.3, -0.25) is 0 Å². The van der Waals surface area contributed by atoms with Gasteiger partial charge in [0, 0.05) is 16.4 Å². The van der Waals surface area contributed by atoms with Crippen molar-refractivity contribution in [2.45, 2.75) is 18.9 Å². The predicted molar refractivity (Wildman–Crippen MR) is 61.0 cm³/mol. The van der Waals surface area contributed by atoms with Crippen LogP contribution in [0.5, 0.6) is 0 Å². The Hall–Kier alpha value is -0.0500. The summed E-state index contributed by atoms with van der Waals surface area (Å²) in [6.07, 6.45) is 1.92. The number of benzene rings is 1. The molecule has 1 aromatic rings.